The third-order valence-electron chi connectivity index (χ3n) is 6.83. The van der Waals surface area contributed by atoms with Crippen LogP contribution in [0.15, 0.2) is 0 Å². The first-order valence-corrected chi connectivity index (χ1v) is 12.3. The molecule has 0 unspecified atom stereocenters. The number of carbonyl (C=O) groups is 1. The lowest BCUT2D eigenvalue weighted by atomic mass is 9.77. The van der Waals surface area contributed by atoms with Crippen molar-refractivity contribution in [3.63, 3.8) is 0 Å². The number of esters is 1. The molecule has 0 spiro atoms. The number of hydrogen-bond donors (Lipinski definition) is 1. The van der Waals surface area contributed by atoms with Crippen LogP contribution in [0.5, 0.6) is 0 Å². The van der Waals surface area contributed by atoms with Crippen molar-refractivity contribution in [3.8, 4) is 0 Å². The van der Waals surface area contributed by atoms with Crippen LogP contribution in [0.2, 0.25) is 0 Å². The Kier molecular flexibility index (Phi) is 12.4. The average Bonchev–Trinajstić information content (AvgIpc) is 2.63. The molecule has 172 valence electrons. The quantitative estimate of drug-likeness (QED) is 0.262. The van der Waals surface area contributed by atoms with E-state index in [0.29, 0.717) is 19.1 Å². The van der Waals surface area contributed by atoms with Crippen molar-refractivity contribution < 1.29 is 9.53 Å². The molecule has 29 heavy (non-hydrogen) atoms. The number of hydrogen-bond acceptors (Lipinski definition) is 4. The van der Waals surface area contributed by atoms with Crippen molar-refractivity contribution in [1.29, 1.82) is 0 Å². The number of ether oxygens (including phenoxy) is 1. The standard InChI is InChI=1S/C25H50N2O2/c1-7-8-9-10-11-12-13-14-15-16-19-29-23(28)17-18-26-22-20-24(2,3)27(6)25(4,5)21-22/h22,26H,7-21H2,1-6H3. The lowest BCUT2D eigenvalue weighted by Crippen LogP contribution is -2.62. The summed E-state index contributed by atoms with van der Waals surface area (Å²) in [7, 11) is 2.22. The van der Waals surface area contributed by atoms with Crippen molar-refractivity contribution in [2.75, 3.05) is 20.2 Å². The second kappa shape index (κ2) is 13.6. The van der Waals surface area contributed by atoms with Gasteiger partial charge in [-0.25, -0.2) is 0 Å². The molecule has 1 fully saturated rings. The lowest BCUT2D eigenvalue weighted by molar-refractivity contribution is -0.143. The molecule has 0 aromatic heterocycles. The van der Waals surface area contributed by atoms with Crippen molar-refractivity contribution in [2.24, 2.45) is 0 Å². The Morgan fingerprint density at radius 3 is 1.90 bits per heavy atom. The van der Waals surface area contributed by atoms with E-state index in [4.69, 9.17) is 4.74 Å². The molecule has 1 saturated heterocycles. The summed E-state index contributed by atoms with van der Waals surface area (Å²) in [6.07, 6.45) is 15.7. The van der Waals surface area contributed by atoms with Gasteiger partial charge in [-0.15, -0.1) is 0 Å². The van der Waals surface area contributed by atoms with Crippen LogP contribution < -0.4 is 5.32 Å². The monoisotopic (exact) mass is 410 g/mol. The molecule has 1 N–H and O–H groups in total. The third kappa shape index (κ3) is 10.8. The van der Waals surface area contributed by atoms with E-state index in [1.165, 1.54) is 57.8 Å². The maximum atomic E-state index is 12.0. The molecule has 1 heterocycles. The van der Waals surface area contributed by atoms with Crippen molar-refractivity contribution >= 4 is 5.97 Å². The molecular weight excluding hydrogens is 360 g/mol. The minimum Gasteiger partial charge on any atom is -0.466 e. The van der Waals surface area contributed by atoms with Gasteiger partial charge >= 0.3 is 5.97 Å². The molecule has 1 aliphatic heterocycles. The van der Waals surface area contributed by atoms with E-state index in [-0.39, 0.29) is 17.0 Å². The molecule has 1 rings (SSSR count). The maximum absolute atomic E-state index is 12.0. The van der Waals surface area contributed by atoms with Crippen molar-refractivity contribution in [1.82, 2.24) is 10.2 Å². The maximum Gasteiger partial charge on any atom is 0.307 e. The van der Waals surface area contributed by atoms with E-state index in [1.54, 1.807) is 0 Å². The Bertz CT molecular complexity index is 430. The van der Waals surface area contributed by atoms with E-state index in [0.717, 1.165) is 25.8 Å². The average molecular weight is 411 g/mol. The van der Waals surface area contributed by atoms with Gasteiger partial charge in [0.1, 0.15) is 0 Å². The first-order valence-electron chi connectivity index (χ1n) is 12.3. The molecule has 4 nitrogen and oxygen atoms in total. The zero-order chi connectivity index (χ0) is 21.8. The smallest absolute Gasteiger partial charge is 0.307 e. The highest BCUT2D eigenvalue weighted by Crippen LogP contribution is 2.36. The molecule has 0 aromatic carbocycles. The van der Waals surface area contributed by atoms with Crippen LogP contribution in [-0.2, 0) is 9.53 Å². The first kappa shape index (κ1) is 26.4. The summed E-state index contributed by atoms with van der Waals surface area (Å²) in [5.74, 6) is -0.0557. The minimum atomic E-state index is -0.0557. The highest BCUT2D eigenvalue weighted by atomic mass is 16.5. The van der Waals surface area contributed by atoms with Crippen molar-refractivity contribution in [2.45, 2.75) is 135 Å². The fourth-order valence-electron chi connectivity index (χ4n) is 4.74. The first-order chi connectivity index (χ1) is 13.7. The molecular formula is C25H50N2O2. The van der Waals surface area contributed by atoms with Crippen LogP contribution in [0.3, 0.4) is 0 Å². The largest absolute Gasteiger partial charge is 0.466 e. The van der Waals surface area contributed by atoms with E-state index in [1.807, 2.05) is 0 Å². The Balaban J connectivity index is 2.01. The van der Waals surface area contributed by atoms with E-state index >= 15 is 0 Å². The highest BCUT2D eigenvalue weighted by Gasteiger charge is 2.42. The molecule has 0 aliphatic carbocycles. The number of piperidine rings is 1. The van der Waals surface area contributed by atoms with Gasteiger partial charge in [-0.1, -0.05) is 64.7 Å². The normalized spacial score (nSPS) is 19.4. The topological polar surface area (TPSA) is 41.6 Å². The molecule has 1 aliphatic rings. The lowest BCUT2D eigenvalue weighted by Gasteiger charge is -2.53. The summed E-state index contributed by atoms with van der Waals surface area (Å²) < 4.78 is 5.42. The molecule has 0 saturated carbocycles. The van der Waals surface area contributed by atoms with Crippen LogP contribution in [0.4, 0.5) is 0 Å². The van der Waals surface area contributed by atoms with Gasteiger partial charge in [0, 0.05) is 23.7 Å². The Labute approximate surface area is 181 Å². The Morgan fingerprint density at radius 2 is 1.38 bits per heavy atom. The number of nitrogens with zero attached hydrogens (tertiary/aromatic N) is 1. The molecule has 0 radical (unpaired) electrons. The van der Waals surface area contributed by atoms with Gasteiger partial charge in [0.15, 0.2) is 0 Å². The fraction of sp³-hybridized carbons (Fsp3) is 0.960. The van der Waals surface area contributed by atoms with Gasteiger partial charge in [-0.2, -0.15) is 0 Å². The van der Waals surface area contributed by atoms with E-state index < -0.39 is 0 Å². The number of carbonyl (C=O) groups excluding carboxylic acids is 1. The SMILES string of the molecule is CCCCCCCCCCCCOC(=O)CCNC1CC(C)(C)N(C)C(C)(C)C1. The van der Waals surface area contributed by atoms with Crippen LogP contribution in [0, 0.1) is 0 Å². The summed E-state index contributed by atoms with van der Waals surface area (Å²) in [5, 5.41) is 3.60. The summed E-state index contributed by atoms with van der Waals surface area (Å²) in [5.41, 5.74) is 0.352. The van der Waals surface area contributed by atoms with E-state index in [2.05, 4.69) is 51.9 Å². The predicted octanol–water partition coefficient (Wildman–Crippen LogP) is 6.08. The van der Waals surface area contributed by atoms with E-state index in [9.17, 15) is 4.79 Å². The third-order valence-corrected chi connectivity index (χ3v) is 6.83. The fourth-order valence-corrected chi connectivity index (χ4v) is 4.74. The van der Waals surface area contributed by atoms with Gasteiger partial charge in [0.05, 0.1) is 13.0 Å². The second-order valence-electron chi connectivity index (χ2n) is 10.4. The zero-order valence-electron chi connectivity index (χ0n) is 20.4. The van der Waals surface area contributed by atoms with Gasteiger partial charge < -0.3 is 10.1 Å². The predicted molar refractivity (Wildman–Crippen MR) is 124 cm³/mol. The summed E-state index contributed by atoms with van der Waals surface area (Å²) in [6.45, 7) is 12.8. The Hall–Kier alpha value is -0.610. The number of unbranched alkanes of at least 4 members (excludes halogenated alkanes) is 9. The molecule has 4 heteroatoms. The molecule has 0 aromatic rings. The number of rotatable bonds is 15. The van der Waals surface area contributed by atoms with Crippen LogP contribution in [0.1, 0.15) is 118 Å². The van der Waals surface area contributed by atoms with Crippen LogP contribution >= 0.6 is 0 Å². The van der Waals surface area contributed by atoms with Crippen LogP contribution in [0.25, 0.3) is 0 Å². The molecule has 0 bridgehead atoms. The summed E-state index contributed by atoms with van der Waals surface area (Å²) >= 11 is 0. The van der Waals surface area contributed by atoms with Crippen LogP contribution in [-0.4, -0.2) is 48.2 Å². The van der Waals surface area contributed by atoms with Gasteiger partial charge in [0.25, 0.3) is 0 Å². The number of likely N-dealkylation sites (tertiary alicyclic amines) is 1. The second-order valence-corrected chi connectivity index (χ2v) is 10.4. The Morgan fingerprint density at radius 1 is 0.897 bits per heavy atom. The zero-order valence-corrected chi connectivity index (χ0v) is 20.4. The molecule has 0 amide bonds. The summed E-state index contributed by atoms with van der Waals surface area (Å²) in [4.78, 5) is 14.5. The highest BCUT2D eigenvalue weighted by molar-refractivity contribution is 5.69. The van der Waals surface area contributed by atoms with Gasteiger partial charge in [-0.05, 0) is 54.0 Å². The summed E-state index contributed by atoms with van der Waals surface area (Å²) in [6, 6.07) is 0.464. The minimum absolute atomic E-state index is 0.0557. The van der Waals surface area contributed by atoms with Gasteiger partial charge in [0.2, 0.25) is 0 Å². The molecule has 0 atom stereocenters. The number of nitrogens with one attached hydrogen (secondary N) is 1. The van der Waals surface area contributed by atoms with Gasteiger partial charge in [-0.3, -0.25) is 9.69 Å². The van der Waals surface area contributed by atoms with Crippen molar-refractivity contribution in [3.05, 3.63) is 0 Å².